The van der Waals surface area contributed by atoms with Gasteiger partial charge in [-0.25, -0.2) is 9.13 Å². The molecule has 108 heavy (non-hydrogen) atoms. The van der Waals surface area contributed by atoms with E-state index in [1.54, 1.807) is 0 Å². The third-order valence-corrected chi connectivity index (χ3v) is 22.3. The Morgan fingerprint density at radius 2 is 0.500 bits per heavy atom. The summed E-state index contributed by atoms with van der Waals surface area (Å²) < 4.78 is 68.9. The van der Waals surface area contributed by atoms with Gasteiger partial charge in [0.2, 0.25) is 0 Å². The first-order chi connectivity index (χ1) is 52.5. The summed E-state index contributed by atoms with van der Waals surface area (Å²) in [6, 6.07) is 0. The third kappa shape index (κ3) is 81.6. The van der Waals surface area contributed by atoms with Crippen molar-refractivity contribution in [3.63, 3.8) is 0 Å². The number of carbonyl (C=O) groups excluding carboxylic acids is 4. The van der Waals surface area contributed by atoms with E-state index in [2.05, 4.69) is 58.9 Å². The van der Waals surface area contributed by atoms with E-state index < -0.39 is 97.5 Å². The average Bonchev–Trinajstić information content (AvgIpc) is 0.900. The number of hydrogen-bond donors (Lipinski definition) is 3. The van der Waals surface area contributed by atoms with Crippen molar-refractivity contribution in [1.82, 2.24) is 0 Å². The van der Waals surface area contributed by atoms with Gasteiger partial charge >= 0.3 is 39.5 Å². The van der Waals surface area contributed by atoms with Crippen LogP contribution in [0.2, 0.25) is 0 Å². The molecule has 0 aromatic heterocycles. The van der Waals surface area contributed by atoms with E-state index in [9.17, 15) is 43.2 Å². The number of unbranched alkanes of at least 4 members (excludes halogenated alkanes) is 56. The van der Waals surface area contributed by atoms with Crippen molar-refractivity contribution in [2.75, 3.05) is 39.6 Å². The highest BCUT2D eigenvalue weighted by atomic mass is 31.2. The summed E-state index contributed by atoms with van der Waals surface area (Å²) in [4.78, 5) is 73.3. The Morgan fingerprint density at radius 1 is 0.287 bits per heavy atom. The smallest absolute Gasteiger partial charge is 0.462 e. The van der Waals surface area contributed by atoms with Gasteiger partial charge in [0.25, 0.3) is 0 Å². The van der Waals surface area contributed by atoms with Gasteiger partial charge in [-0.3, -0.25) is 37.3 Å². The molecule has 0 amide bonds. The summed E-state index contributed by atoms with van der Waals surface area (Å²) in [6.07, 6.45) is 78.8. The molecule has 0 spiro atoms. The molecular formula is C89H170O17P2. The van der Waals surface area contributed by atoms with Crippen LogP contribution in [0.15, 0.2) is 24.3 Å². The molecule has 0 fully saturated rings. The molecule has 0 saturated heterocycles. The zero-order valence-electron chi connectivity index (χ0n) is 70.5. The quantitative estimate of drug-likeness (QED) is 0.0169. The zero-order chi connectivity index (χ0) is 79.0. The monoisotopic (exact) mass is 1570 g/mol. The van der Waals surface area contributed by atoms with Crippen LogP contribution in [0.1, 0.15) is 458 Å². The van der Waals surface area contributed by atoms with Crippen molar-refractivity contribution in [2.45, 2.75) is 477 Å². The van der Waals surface area contributed by atoms with E-state index in [4.69, 9.17) is 37.0 Å². The SMILES string of the molecule is CCCCCC/C=C\C=C/CCCCCCCC(=O)O[C@H](COC(=O)CCCCCCCCCCC(C)C)COP(=O)(O)OC[C@H](O)COP(=O)(O)OC[C@@H](COC(=O)CCCCCCCCCCCCCCCCCCCCCCC)OC(=O)CCCCCCCCCCCCCCCCCCCCCCC. The lowest BCUT2D eigenvalue weighted by Gasteiger charge is -2.21. The molecule has 19 heteroatoms. The second-order valence-electron chi connectivity index (χ2n) is 31.8. The highest BCUT2D eigenvalue weighted by molar-refractivity contribution is 7.47. The topological polar surface area (TPSA) is 237 Å². The number of phosphoric ester groups is 2. The van der Waals surface area contributed by atoms with E-state index in [0.29, 0.717) is 25.7 Å². The Bertz CT molecular complexity index is 2140. The molecule has 0 aliphatic heterocycles. The zero-order valence-corrected chi connectivity index (χ0v) is 72.3. The van der Waals surface area contributed by atoms with Gasteiger partial charge in [0.1, 0.15) is 19.3 Å². The van der Waals surface area contributed by atoms with Crippen molar-refractivity contribution in [2.24, 2.45) is 5.92 Å². The lowest BCUT2D eigenvalue weighted by molar-refractivity contribution is -0.161. The van der Waals surface area contributed by atoms with Crippen molar-refractivity contribution < 1.29 is 80.2 Å². The molecule has 0 aromatic carbocycles. The number of ether oxygens (including phenoxy) is 4. The van der Waals surface area contributed by atoms with E-state index >= 15 is 0 Å². The largest absolute Gasteiger partial charge is 0.472 e. The maximum atomic E-state index is 13.2. The van der Waals surface area contributed by atoms with Gasteiger partial charge in [-0.05, 0) is 57.3 Å². The summed E-state index contributed by atoms with van der Waals surface area (Å²) in [6.45, 7) is 7.27. The number of hydrogen-bond acceptors (Lipinski definition) is 15. The highest BCUT2D eigenvalue weighted by Gasteiger charge is 2.30. The van der Waals surface area contributed by atoms with Gasteiger partial charge < -0.3 is 33.8 Å². The molecule has 0 saturated carbocycles. The van der Waals surface area contributed by atoms with Crippen LogP contribution in [0, 0.1) is 5.92 Å². The molecule has 2 unspecified atom stereocenters. The number of carbonyl (C=O) groups is 4. The number of allylic oxidation sites excluding steroid dienone is 4. The van der Waals surface area contributed by atoms with Crippen molar-refractivity contribution in [3.05, 3.63) is 24.3 Å². The second kappa shape index (κ2) is 81.1. The van der Waals surface area contributed by atoms with Gasteiger partial charge in [-0.2, -0.15) is 0 Å². The Hall–Kier alpha value is -2.46. The van der Waals surface area contributed by atoms with Crippen LogP contribution in [-0.4, -0.2) is 96.7 Å². The number of esters is 4. The second-order valence-corrected chi connectivity index (χ2v) is 34.7. The highest BCUT2D eigenvalue weighted by Crippen LogP contribution is 2.45. The van der Waals surface area contributed by atoms with E-state index in [1.165, 1.54) is 270 Å². The Morgan fingerprint density at radius 3 is 0.759 bits per heavy atom. The molecule has 0 aliphatic rings. The van der Waals surface area contributed by atoms with Crippen LogP contribution in [0.4, 0.5) is 0 Å². The predicted molar refractivity (Wildman–Crippen MR) is 446 cm³/mol. The first-order valence-electron chi connectivity index (χ1n) is 45.5. The molecule has 0 rings (SSSR count). The van der Waals surface area contributed by atoms with Crippen LogP contribution >= 0.6 is 15.6 Å². The molecule has 0 radical (unpaired) electrons. The number of aliphatic hydroxyl groups is 1. The van der Waals surface area contributed by atoms with Crippen molar-refractivity contribution in [3.8, 4) is 0 Å². The number of phosphoric acid groups is 2. The summed E-state index contributed by atoms with van der Waals surface area (Å²) >= 11 is 0. The molecule has 0 aromatic rings. The number of rotatable bonds is 87. The Kier molecular flexibility index (Phi) is 79.3. The summed E-state index contributed by atoms with van der Waals surface area (Å²) in [5.74, 6) is -1.41. The molecule has 638 valence electrons. The van der Waals surface area contributed by atoms with Crippen molar-refractivity contribution >= 4 is 39.5 Å². The van der Waals surface area contributed by atoms with Crippen LogP contribution in [0.25, 0.3) is 0 Å². The van der Waals surface area contributed by atoms with Gasteiger partial charge in [0.05, 0.1) is 26.4 Å². The first kappa shape index (κ1) is 106. The molecular weight excluding hydrogens is 1400 g/mol. The predicted octanol–water partition coefficient (Wildman–Crippen LogP) is 27.1. The van der Waals surface area contributed by atoms with Crippen molar-refractivity contribution in [1.29, 1.82) is 0 Å². The maximum absolute atomic E-state index is 13.2. The maximum Gasteiger partial charge on any atom is 0.472 e. The fourth-order valence-electron chi connectivity index (χ4n) is 13.5. The lowest BCUT2D eigenvalue weighted by Crippen LogP contribution is -2.30. The summed E-state index contributed by atoms with van der Waals surface area (Å²) in [7, 11) is -9.94. The van der Waals surface area contributed by atoms with Gasteiger partial charge in [0, 0.05) is 25.7 Å². The summed E-state index contributed by atoms with van der Waals surface area (Å²) in [5, 5.41) is 10.7. The van der Waals surface area contributed by atoms with Crippen LogP contribution in [0.3, 0.4) is 0 Å². The number of aliphatic hydroxyl groups excluding tert-OH is 1. The minimum Gasteiger partial charge on any atom is -0.462 e. The van der Waals surface area contributed by atoms with Crippen LogP contribution in [-0.2, 0) is 65.4 Å². The summed E-state index contributed by atoms with van der Waals surface area (Å²) in [5.41, 5.74) is 0. The Balaban J connectivity index is 5.25. The van der Waals surface area contributed by atoms with Gasteiger partial charge in [-0.1, -0.05) is 406 Å². The van der Waals surface area contributed by atoms with E-state index in [1.807, 2.05) is 0 Å². The average molecular weight is 1570 g/mol. The fraction of sp³-hybridized carbons (Fsp3) is 0.910. The molecule has 5 atom stereocenters. The van der Waals surface area contributed by atoms with E-state index in [-0.39, 0.29) is 25.7 Å². The van der Waals surface area contributed by atoms with Gasteiger partial charge in [0.15, 0.2) is 12.2 Å². The first-order valence-corrected chi connectivity index (χ1v) is 48.4. The third-order valence-electron chi connectivity index (χ3n) is 20.4. The van der Waals surface area contributed by atoms with Crippen LogP contribution < -0.4 is 0 Å². The molecule has 0 bridgehead atoms. The minimum absolute atomic E-state index is 0.0850. The van der Waals surface area contributed by atoms with E-state index in [0.717, 1.165) is 109 Å². The molecule has 3 N–H and O–H groups in total. The van der Waals surface area contributed by atoms with Crippen LogP contribution in [0.5, 0.6) is 0 Å². The standard InChI is InChI=1S/C89H170O17P2/c1-6-9-12-15-18-21-24-27-30-32-34-36-38-40-43-45-48-51-57-62-67-72-86(91)99-78-84(105-88(93)75-70-65-60-53-50-47-44-41-39-37-35-33-31-28-25-22-19-16-13-10-7-2)80-103-107(95,96)101-76-83(90)77-102-108(97,98)104-81-85(79-100-87(92)73-68-63-58-55-54-56-61-66-71-82(4)5)106-89(94)74-69-64-59-52-49-46-42-29-26-23-20-17-14-11-8-3/h23,26,29,42,82-85,90H,6-22,24-25,27-28,30-41,43-81H2,1-5H3,(H,95,96)(H,97,98)/b26-23-,42-29-/t83-,84-,85-/m1/s1. The lowest BCUT2D eigenvalue weighted by atomic mass is 10.0. The Labute approximate surface area is 663 Å². The van der Waals surface area contributed by atoms with Gasteiger partial charge in [-0.15, -0.1) is 0 Å². The fourth-order valence-corrected chi connectivity index (χ4v) is 15.0. The minimum atomic E-state index is -4.97. The normalized spacial score (nSPS) is 13.9. The molecule has 17 nitrogen and oxygen atoms in total. The molecule has 0 aliphatic carbocycles. The molecule has 0 heterocycles.